The second-order valence-corrected chi connectivity index (χ2v) is 6.28. The summed E-state index contributed by atoms with van der Waals surface area (Å²) in [5.74, 6) is -1.91. The van der Waals surface area contributed by atoms with Crippen LogP contribution in [0.15, 0.2) is 24.3 Å². The number of anilines is 1. The van der Waals surface area contributed by atoms with Crippen LogP contribution < -0.4 is 5.32 Å². The van der Waals surface area contributed by atoms with Gasteiger partial charge < -0.3 is 10.1 Å². The lowest BCUT2D eigenvalue weighted by Crippen LogP contribution is -2.13. The van der Waals surface area contributed by atoms with E-state index in [1.54, 1.807) is 20.8 Å². The summed E-state index contributed by atoms with van der Waals surface area (Å²) in [6.07, 6.45) is -0.305. The SMILES string of the molecule is Cc1c(C(=O)OC(C)C)sc(NC(=O)c2ccccc2F)c1C#N. The molecule has 2 aromatic rings. The van der Waals surface area contributed by atoms with Gasteiger partial charge in [0.25, 0.3) is 5.91 Å². The van der Waals surface area contributed by atoms with Gasteiger partial charge >= 0.3 is 5.97 Å². The molecule has 7 heteroatoms. The Morgan fingerprint density at radius 2 is 2.00 bits per heavy atom. The Morgan fingerprint density at radius 1 is 1.33 bits per heavy atom. The van der Waals surface area contributed by atoms with Gasteiger partial charge in [0.2, 0.25) is 0 Å². The van der Waals surface area contributed by atoms with E-state index in [2.05, 4.69) is 5.32 Å². The zero-order valence-corrected chi connectivity index (χ0v) is 14.2. The molecule has 1 aromatic carbocycles. The van der Waals surface area contributed by atoms with E-state index in [4.69, 9.17) is 4.74 Å². The number of carbonyl (C=O) groups is 2. The summed E-state index contributed by atoms with van der Waals surface area (Å²) in [7, 11) is 0. The van der Waals surface area contributed by atoms with E-state index in [9.17, 15) is 19.2 Å². The lowest BCUT2D eigenvalue weighted by Gasteiger charge is -2.06. The standard InChI is InChI=1S/C17H15FN2O3S/c1-9(2)23-17(22)14-10(3)12(8-19)16(24-14)20-15(21)11-6-4-5-7-13(11)18/h4-7,9H,1-3H3,(H,20,21). The zero-order chi connectivity index (χ0) is 17.9. The molecule has 0 aliphatic rings. The van der Waals surface area contributed by atoms with Crippen molar-refractivity contribution < 1.29 is 18.7 Å². The van der Waals surface area contributed by atoms with E-state index >= 15 is 0 Å². The summed E-state index contributed by atoms with van der Waals surface area (Å²) in [5.41, 5.74) is 0.455. The Labute approximate surface area is 142 Å². The quantitative estimate of drug-likeness (QED) is 0.852. The van der Waals surface area contributed by atoms with Crippen molar-refractivity contribution in [3.63, 3.8) is 0 Å². The predicted molar refractivity (Wildman–Crippen MR) is 88.7 cm³/mol. The van der Waals surface area contributed by atoms with Gasteiger partial charge in [0.1, 0.15) is 21.8 Å². The smallest absolute Gasteiger partial charge is 0.348 e. The first-order valence-corrected chi connectivity index (χ1v) is 7.97. The number of halogens is 1. The molecule has 1 aromatic heterocycles. The molecular formula is C17H15FN2O3S. The Hall–Kier alpha value is -2.72. The number of benzene rings is 1. The van der Waals surface area contributed by atoms with E-state index in [0.29, 0.717) is 5.56 Å². The molecule has 0 saturated carbocycles. The Kier molecular flexibility index (Phi) is 5.31. The maximum absolute atomic E-state index is 13.7. The van der Waals surface area contributed by atoms with Gasteiger partial charge in [0.15, 0.2) is 0 Å². The van der Waals surface area contributed by atoms with Crippen LogP contribution in [0.5, 0.6) is 0 Å². The highest BCUT2D eigenvalue weighted by Crippen LogP contribution is 2.33. The first-order chi connectivity index (χ1) is 11.3. The summed E-state index contributed by atoms with van der Waals surface area (Å²) in [6, 6.07) is 7.48. The molecule has 124 valence electrons. The molecule has 24 heavy (non-hydrogen) atoms. The summed E-state index contributed by atoms with van der Waals surface area (Å²) in [6.45, 7) is 5.03. The number of esters is 1. The van der Waals surface area contributed by atoms with Gasteiger partial charge in [-0.2, -0.15) is 5.26 Å². The van der Waals surface area contributed by atoms with Gasteiger partial charge in [-0.1, -0.05) is 12.1 Å². The van der Waals surface area contributed by atoms with Crippen LogP contribution in [0.4, 0.5) is 9.39 Å². The average Bonchev–Trinajstić information content (AvgIpc) is 2.82. The summed E-state index contributed by atoms with van der Waals surface area (Å²) < 4.78 is 18.8. The van der Waals surface area contributed by atoms with E-state index in [0.717, 1.165) is 11.3 Å². The van der Waals surface area contributed by atoms with E-state index in [-0.39, 0.29) is 27.1 Å². The number of nitrogens with one attached hydrogen (secondary N) is 1. The molecule has 0 fully saturated rings. The lowest BCUT2D eigenvalue weighted by atomic mass is 10.1. The first kappa shape index (κ1) is 17.6. The van der Waals surface area contributed by atoms with Gasteiger partial charge in [-0.3, -0.25) is 4.79 Å². The van der Waals surface area contributed by atoms with Crippen LogP contribution in [0, 0.1) is 24.1 Å². The second-order valence-electron chi connectivity index (χ2n) is 5.26. The molecule has 1 N–H and O–H groups in total. The van der Waals surface area contributed by atoms with Crippen molar-refractivity contribution in [2.75, 3.05) is 5.32 Å². The van der Waals surface area contributed by atoms with Crippen LogP contribution in [-0.4, -0.2) is 18.0 Å². The van der Waals surface area contributed by atoms with Gasteiger partial charge in [0.05, 0.1) is 17.2 Å². The minimum absolute atomic E-state index is 0.140. The summed E-state index contributed by atoms with van der Waals surface area (Å²) in [5, 5.41) is 12.0. The molecule has 0 aliphatic carbocycles. The molecule has 1 heterocycles. The molecular weight excluding hydrogens is 331 g/mol. The maximum Gasteiger partial charge on any atom is 0.348 e. The van der Waals surface area contributed by atoms with Crippen LogP contribution in [-0.2, 0) is 4.74 Å². The molecule has 1 amide bonds. The molecule has 0 atom stereocenters. The second kappa shape index (κ2) is 7.23. The number of rotatable bonds is 4. The summed E-state index contributed by atoms with van der Waals surface area (Å²) >= 11 is 0.938. The molecule has 0 unspecified atom stereocenters. The van der Waals surface area contributed by atoms with Crippen molar-refractivity contribution in [2.24, 2.45) is 0 Å². The number of ether oxygens (including phenoxy) is 1. The van der Waals surface area contributed by atoms with Crippen LogP contribution >= 0.6 is 11.3 Å². The fraction of sp³-hybridized carbons (Fsp3) is 0.235. The van der Waals surface area contributed by atoms with Crippen LogP contribution in [0.2, 0.25) is 0 Å². The van der Waals surface area contributed by atoms with Crippen LogP contribution in [0.3, 0.4) is 0 Å². The van der Waals surface area contributed by atoms with E-state index in [1.165, 1.54) is 24.3 Å². The number of hydrogen-bond donors (Lipinski definition) is 1. The Bertz CT molecular complexity index is 837. The number of nitriles is 1. The topological polar surface area (TPSA) is 79.2 Å². The van der Waals surface area contributed by atoms with Gasteiger partial charge in [-0.15, -0.1) is 11.3 Å². The molecule has 5 nitrogen and oxygen atoms in total. The third-order valence-electron chi connectivity index (χ3n) is 3.13. The molecule has 0 aliphatic heterocycles. The van der Waals surface area contributed by atoms with Crippen molar-refractivity contribution >= 4 is 28.2 Å². The third kappa shape index (κ3) is 3.60. The highest BCUT2D eigenvalue weighted by Gasteiger charge is 2.23. The van der Waals surface area contributed by atoms with Gasteiger partial charge in [-0.25, -0.2) is 9.18 Å². The average molecular weight is 346 g/mol. The lowest BCUT2D eigenvalue weighted by molar-refractivity contribution is 0.0383. The maximum atomic E-state index is 13.7. The molecule has 0 bridgehead atoms. The third-order valence-corrected chi connectivity index (χ3v) is 4.32. The fourth-order valence-electron chi connectivity index (χ4n) is 2.01. The number of nitrogens with zero attached hydrogens (tertiary/aromatic N) is 1. The van der Waals surface area contributed by atoms with Crippen molar-refractivity contribution in [1.29, 1.82) is 5.26 Å². The first-order valence-electron chi connectivity index (χ1n) is 7.15. The van der Waals surface area contributed by atoms with Crippen molar-refractivity contribution in [2.45, 2.75) is 26.9 Å². The minimum Gasteiger partial charge on any atom is -0.459 e. The Balaban J connectivity index is 2.34. The molecule has 0 saturated heterocycles. The number of carbonyl (C=O) groups excluding carboxylic acids is 2. The molecule has 0 radical (unpaired) electrons. The van der Waals surface area contributed by atoms with E-state index in [1.807, 2.05) is 6.07 Å². The van der Waals surface area contributed by atoms with Crippen LogP contribution in [0.1, 0.15) is 45.0 Å². The number of amides is 1. The summed E-state index contributed by atoms with van der Waals surface area (Å²) in [4.78, 5) is 24.5. The van der Waals surface area contributed by atoms with E-state index < -0.39 is 17.7 Å². The van der Waals surface area contributed by atoms with Crippen molar-refractivity contribution in [1.82, 2.24) is 0 Å². The highest BCUT2D eigenvalue weighted by molar-refractivity contribution is 7.18. The molecule has 0 spiro atoms. The number of thiophene rings is 1. The zero-order valence-electron chi connectivity index (χ0n) is 13.3. The predicted octanol–water partition coefficient (Wildman–Crippen LogP) is 3.88. The largest absolute Gasteiger partial charge is 0.459 e. The number of hydrogen-bond acceptors (Lipinski definition) is 5. The Morgan fingerprint density at radius 3 is 2.58 bits per heavy atom. The van der Waals surface area contributed by atoms with Gasteiger partial charge in [0, 0.05) is 0 Å². The molecule has 2 rings (SSSR count). The fourth-order valence-corrected chi connectivity index (χ4v) is 3.05. The van der Waals surface area contributed by atoms with Crippen molar-refractivity contribution in [3.8, 4) is 6.07 Å². The minimum atomic E-state index is -0.686. The monoisotopic (exact) mass is 346 g/mol. The highest BCUT2D eigenvalue weighted by atomic mass is 32.1. The van der Waals surface area contributed by atoms with Crippen LogP contribution in [0.25, 0.3) is 0 Å². The van der Waals surface area contributed by atoms with Gasteiger partial charge in [-0.05, 0) is 38.5 Å². The normalized spacial score (nSPS) is 10.3. The van der Waals surface area contributed by atoms with Crippen molar-refractivity contribution in [3.05, 3.63) is 51.7 Å².